The lowest BCUT2D eigenvalue weighted by Crippen LogP contribution is -2.14. The Bertz CT molecular complexity index is 1790. The van der Waals surface area contributed by atoms with Crippen LogP contribution in [0, 0.1) is 0 Å². The minimum Gasteiger partial charge on any atom is -0.325 e. The predicted octanol–water partition coefficient (Wildman–Crippen LogP) is 9.27. The zero-order valence-corrected chi connectivity index (χ0v) is 27.1. The van der Waals surface area contributed by atoms with Crippen LogP contribution >= 0.6 is 69.4 Å². The van der Waals surface area contributed by atoms with E-state index in [9.17, 15) is 9.59 Å². The molecule has 2 heterocycles. The van der Waals surface area contributed by atoms with Crippen molar-refractivity contribution in [1.29, 1.82) is 0 Å². The van der Waals surface area contributed by atoms with Crippen LogP contribution in [0.5, 0.6) is 0 Å². The van der Waals surface area contributed by atoms with Crippen molar-refractivity contribution in [3.63, 3.8) is 0 Å². The number of nitrogens with zero attached hydrogens (tertiary/aromatic N) is 2. The quantitative estimate of drug-likeness (QED) is 0.140. The summed E-state index contributed by atoms with van der Waals surface area (Å²) in [5.41, 5.74) is 5.42. The van der Waals surface area contributed by atoms with Crippen LogP contribution < -0.4 is 10.6 Å². The van der Waals surface area contributed by atoms with Gasteiger partial charge in [-0.1, -0.05) is 71.0 Å². The predicted molar refractivity (Wildman–Crippen MR) is 184 cm³/mol. The number of aromatic nitrogens is 2. The number of carbonyl (C=O) groups is 2. The van der Waals surface area contributed by atoms with Crippen molar-refractivity contribution in [3.8, 4) is 0 Å². The van der Waals surface area contributed by atoms with Crippen LogP contribution in [0.3, 0.4) is 0 Å². The summed E-state index contributed by atoms with van der Waals surface area (Å²) in [7, 11) is 0. The van der Waals surface area contributed by atoms with Gasteiger partial charge in [-0.3, -0.25) is 9.59 Å². The number of anilines is 2. The molecule has 0 saturated heterocycles. The average Bonchev–Trinajstić information content (AvgIpc) is 3.60. The number of nitrogens with one attached hydrogen (secondary N) is 2. The van der Waals surface area contributed by atoms with E-state index in [4.69, 9.17) is 23.2 Å². The maximum atomic E-state index is 12.5. The molecule has 2 aromatic heterocycles. The molecule has 0 atom stereocenters. The Balaban J connectivity index is 0.948. The van der Waals surface area contributed by atoms with Crippen molar-refractivity contribution in [3.05, 3.63) is 106 Å². The van der Waals surface area contributed by atoms with Crippen LogP contribution in [0.1, 0.15) is 11.1 Å². The lowest BCUT2D eigenvalue weighted by Gasteiger charge is -2.08. The number of carbonyl (C=O) groups excluding carboxylic acids is 2. The highest BCUT2D eigenvalue weighted by molar-refractivity contribution is 8.02. The van der Waals surface area contributed by atoms with Crippen LogP contribution in [0.15, 0.2) is 93.6 Å². The van der Waals surface area contributed by atoms with E-state index in [1.54, 1.807) is 22.7 Å². The summed E-state index contributed by atoms with van der Waals surface area (Å²) in [4.78, 5) is 34.1. The second kappa shape index (κ2) is 13.7. The van der Waals surface area contributed by atoms with Gasteiger partial charge in [-0.25, -0.2) is 9.97 Å². The number of hydrogen-bond donors (Lipinski definition) is 2. The zero-order chi connectivity index (χ0) is 29.8. The molecular formula is C31H22Cl2N4O2S4. The van der Waals surface area contributed by atoms with Gasteiger partial charge in [-0.2, -0.15) is 0 Å². The van der Waals surface area contributed by atoms with Crippen molar-refractivity contribution in [2.45, 2.75) is 15.1 Å². The molecule has 0 bridgehead atoms. The number of thiazole rings is 2. The molecule has 2 amide bonds. The highest BCUT2D eigenvalue weighted by Crippen LogP contribution is 2.32. The van der Waals surface area contributed by atoms with E-state index in [2.05, 4.69) is 20.6 Å². The maximum Gasteiger partial charge on any atom is 0.234 e. The molecule has 0 spiro atoms. The molecule has 43 heavy (non-hydrogen) atoms. The smallest absolute Gasteiger partial charge is 0.234 e. The third kappa shape index (κ3) is 8.08. The van der Waals surface area contributed by atoms with Gasteiger partial charge in [0.2, 0.25) is 11.8 Å². The van der Waals surface area contributed by atoms with Crippen molar-refractivity contribution in [2.75, 3.05) is 22.1 Å². The first-order valence-corrected chi connectivity index (χ1v) is 17.4. The Morgan fingerprint density at radius 2 is 1.05 bits per heavy atom. The minimum absolute atomic E-state index is 0.0870. The summed E-state index contributed by atoms with van der Waals surface area (Å²) in [6.45, 7) is 0. The molecule has 6 rings (SSSR count). The third-order valence-electron chi connectivity index (χ3n) is 6.20. The van der Waals surface area contributed by atoms with Crippen LogP contribution in [-0.4, -0.2) is 33.3 Å². The summed E-state index contributed by atoms with van der Waals surface area (Å²) < 4.78 is 3.76. The van der Waals surface area contributed by atoms with Gasteiger partial charge < -0.3 is 10.6 Å². The van der Waals surface area contributed by atoms with Gasteiger partial charge in [0.25, 0.3) is 0 Å². The number of rotatable bonds is 10. The van der Waals surface area contributed by atoms with Crippen LogP contribution in [0.25, 0.3) is 20.4 Å². The van der Waals surface area contributed by atoms with Crippen molar-refractivity contribution in [1.82, 2.24) is 9.97 Å². The molecule has 0 aliphatic rings. The lowest BCUT2D eigenvalue weighted by atomic mass is 10.0. The average molecular weight is 682 g/mol. The van der Waals surface area contributed by atoms with Gasteiger partial charge >= 0.3 is 0 Å². The van der Waals surface area contributed by atoms with Gasteiger partial charge in [0.15, 0.2) is 8.68 Å². The summed E-state index contributed by atoms with van der Waals surface area (Å²) in [5.74, 6) is 0.370. The Morgan fingerprint density at radius 3 is 1.47 bits per heavy atom. The Labute approximate surface area is 274 Å². The fourth-order valence-corrected chi connectivity index (χ4v) is 8.21. The number of fused-ring (bicyclic) bond motifs is 2. The van der Waals surface area contributed by atoms with Gasteiger partial charge in [0.05, 0.1) is 31.9 Å². The summed E-state index contributed by atoms with van der Waals surface area (Å²) >= 11 is 18.0. The van der Waals surface area contributed by atoms with E-state index in [1.807, 2.05) is 84.9 Å². The van der Waals surface area contributed by atoms with E-state index in [1.165, 1.54) is 23.5 Å². The largest absolute Gasteiger partial charge is 0.325 e. The standard InChI is InChI=1S/C31H22Cl2N4O2S4/c32-20-5-11-26-24(14-20)36-30(42-26)40-16-28(38)34-22-7-1-18(2-8-22)13-19-3-9-23(10-4-19)35-29(39)17-41-31-37-25-15-21(33)6-12-27(25)43-31/h1-12,14-15H,13,16-17H2,(H,34,38)(H,35,39). The molecule has 6 nitrogen and oxygen atoms in total. The SMILES string of the molecule is O=C(CSc1nc2cc(Cl)ccc2s1)Nc1ccc(Cc2ccc(NC(=O)CSc3nc4cc(Cl)ccc4s3)cc2)cc1. The molecule has 0 unspecified atom stereocenters. The number of thioether (sulfide) groups is 2. The summed E-state index contributed by atoms with van der Waals surface area (Å²) in [6.07, 6.45) is 0.734. The van der Waals surface area contributed by atoms with E-state index in [0.29, 0.717) is 10.0 Å². The number of benzene rings is 4. The summed E-state index contributed by atoms with van der Waals surface area (Å²) in [6, 6.07) is 26.9. The van der Waals surface area contributed by atoms with E-state index in [-0.39, 0.29) is 23.3 Å². The lowest BCUT2D eigenvalue weighted by molar-refractivity contribution is -0.114. The zero-order valence-electron chi connectivity index (χ0n) is 22.3. The first-order valence-electron chi connectivity index (χ1n) is 13.0. The highest BCUT2D eigenvalue weighted by atomic mass is 35.5. The molecule has 0 aliphatic heterocycles. The summed E-state index contributed by atoms with van der Waals surface area (Å²) in [5, 5.41) is 7.19. The van der Waals surface area contributed by atoms with Crippen LogP contribution in [-0.2, 0) is 16.0 Å². The monoisotopic (exact) mass is 680 g/mol. The Hall–Kier alpha value is -3.12. The topological polar surface area (TPSA) is 84.0 Å². The Morgan fingerprint density at radius 1 is 0.628 bits per heavy atom. The molecule has 0 radical (unpaired) electrons. The van der Waals surface area contributed by atoms with Crippen molar-refractivity contribution >= 4 is 113 Å². The van der Waals surface area contributed by atoms with E-state index >= 15 is 0 Å². The third-order valence-corrected chi connectivity index (χ3v) is 11.0. The van der Waals surface area contributed by atoms with E-state index < -0.39 is 0 Å². The van der Waals surface area contributed by atoms with E-state index in [0.717, 1.165) is 58.0 Å². The first-order chi connectivity index (χ1) is 20.9. The van der Waals surface area contributed by atoms with Gasteiger partial charge in [0, 0.05) is 21.4 Å². The minimum atomic E-state index is -0.0870. The van der Waals surface area contributed by atoms with Gasteiger partial charge in [-0.15, -0.1) is 22.7 Å². The number of halogens is 2. The number of hydrogen-bond acceptors (Lipinski definition) is 8. The fourth-order valence-electron chi connectivity index (χ4n) is 4.18. The van der Waals surface area contributed by atoms with Gasteiger partial charge in [-0.05, 0) is 78.2 Å². The fraction of sp³-hybridized carbons (Fsp3) is 0.0968. The molecule has 216 valence electrons. The highest BCUT2D eigenvalue weighted by Gasteiger charge is 2.11. The molecular weight excluding hydrogens is 660 g/mol. The number of amides is 2. The normalized spacial score (nSPS) is 11.2. The molecule has 4 aromatic carbocycles. The second-order valence-electron chi connectivity index (χ2n) is 9.43. The second-order valence-corrected chi connectivity index (χ2v) is 14.8. The van der Waals surface area contributed by atoms with Gasteiger partial charge in [0.1, 0.15) is 0 Å². The first kappa shape index (κ1) is 29.9. The molecule has 0 fully saturated rings. The van der Waals surface area contributed by atoms with Crippen LogP contribution in [0.4, 0.5) is 11.4 Å². The van der Waals surface area contributed by atoms with Crippen molar-refractivity contribution < 1.29 is 9.59 Å². The van der Waals surface area contributed by atoms with Crippen LogP contribution in [0.2, 0.25) is 10.0 Å². The molecule has 2 N–H and O–H groups in total. The molecule has 0 saturated carbocycles. The Kier molecular flexibility index (Phi) is 9.52. The maximum absolute atomic E-state index is 12.5. The molecule has 0 aliphatic carbocycles. The molecule has 12 heteroatoms. The van der Waals surface area contributed by atoms with Crippen molar-refractivity contribution in [2.24, 2.45) is 0 Å². The molecule has 6 aromatic rings.